The van der Waals surface area contributed by atoms with Gasteiger partial charge in [0.1, 0.15) is 11.4 Å². The molecule has 0 saturated carbocycles. The van der Waals surface area contributed by atoms with Crippen LogP contribution in [0.1, 0.15) is 41.3 Å². The second-order valence-corrected chi connectivity index (χ2v) is 8.47. The third-order valence-corrected chi connectivity index (χ3v) is 6.59. The average Bonchev–Trinajstić information content (AvgIpc) is 3.18. The maximum atomic E-state index is 14.3. The van der Waals surface area contributed by atoms with Gasteiger partial charge in [0.05, 0.1) is 13.2 Å². The van der Waals surface area contributed by atoms with Crippen molar-refractivity contribution in [2.45, 2.75) is 46.6 Å². The van der Waals surface area contributed by atoms with Gasteiger partial charge in [-0.3, -0.25) is 0 Å². The lowest BCUT2D eigenvalue weighted by Crippen LogP contribution is -2.10. The minimum atomic E-state index is -0.830. The van der Waals surface area contributed by atoms with Crippen LogP contribution < -0.4 is 4.74 Å². The van der Waals surface area contributed by atoms with Gasteiger partial charge in [-0.05, 0) is 79.1 Å². The van der Waals surface area contributed by atoms with Crippen molar-refractivity contribution < 1.29 is 13.5 Å². The fourth-order valence-corrected chi connectivity index (χ4v) is 4.96. The number of hydrogen-bond donors (Lipinski definition) is 0. The highest BCUT2D eigenvalue weighted by Crippen LogP contribution is 2.40. The number of fused-ring (bicyclic) bond motifs is 2. The molecule has 32 heavy (non-hydrogen) atoms. The molecule has 4 aromatic rings. The predicted molar refractivity (Wildman–Crippen MR) is 123 cm³/mol. The molecule has 0 amide bonds. The largest absolute Gasteiger partial charge is 0.493 e. The molecule has 0 saturated heterocycles. The summed E-state index contributed by atoms with van der Waals surface area (Å²) in [5.74, 6) is -0.650. The number of halogens is 2. The Morgan fingerprint density at radius 2 is 1.94 bits per heavy atom. The van der Waals surface area contributed by atoms with Crippen LogP contribution >= 0.6 is 0 Å². The fraction of sp³-hybridized carbons (Fsp3) is 0.296. The molecule has 2 aromatic heterocycles. The van der Waals surface area contributed by atoms with Crippen molar-refractivity contribution in [3.63, 3.8) is 0 Å². The molecule has 3 nitrogen and oxygen atoms in total. The van der Waals surface area contributed by atoms with Gasteiger partial charge in [-0.25, -0.2) is 13.8 Å². The number of ether oxygens (including phenoxy) is 1. The van der Waals surface area contributed by atoms with E-state index in [-0.39, 0.29) is 6.54 Å². The molecule has 5 rings (SSSR count). The van der Waals surface area contributed by atoms with Crippen LogP contribution in [0.3, 0.4) is 0 Å². The number of aromatic nitrogens is 2. The fourth-order valence-electron chi connectivity index (χ4n) is 4.96. The first-order chi connectivity index (χ1) is 15.5. The van der Waals surface area contributed by atoms with Gasteiger partial charge in [-0.2, -0.15) is 0 Å². The van der Waals surface area contributed by atoms with Crippen molar-refractivity contribution in [3.05, 3.63) is 82.2 Å². The normalized spacial score (nSPS) is 13.3. The summed E-state index contributed by atoms with van der Waals surface area (Å²) in [5, 5.41) is 1.03. The quantitative estimate of drug-likeness (QED) is 0.366. The first-order valence-corrected chi connectivity index (χ1v) is 11.2. The molecule has 0 bridgehead atoms. The monoisotopic (exact) mass is 432 g/mol. The SMILES string of the molecule is CCc1c(C)nc2c(ccn2Cc2cccc(F)c2F)c1-c1ccc2c(c1C)CCCO2. The molecular weight excluding hydrogens is 406 g/mol. The lowest BCUT2D eigenvalue weighted by Gasteiger charge is -2.23. The van der Waals surface area contributed by atoms with Gasteiger partial charge in [0.2, 0.25) is 0 Å². The standard InChI is InChI=1S/C27H26F2N2O/c1-4-19-17(3)30-27-22(12-13-31(27)15-18-7-5-9-23(28)26(18)29)25(19)21-10-11-24-20(16(21)2)8-6-14-32-24/h5,7,9-13H,4,6,8,14-15H2,1-3H3. The van der Waals surface area contributed by atoms with Crippen LogP contribution in [0.25, 0.3) is 22.2 Å². The number of pyridine rings is 1. The molecule has 0 unspecified atom stereocenters. The van der Waals surface area contributed by atoms with Gasteiger partial charge in [-0.1, -0.05) is 25.1 Å². The lowest BCUT2D eigenvalue weighted by molar-refractivity contribution is 0.288. The van der Waals surface area contributed by atoms with Gasteiger partial charge in [-0.15, -0.1) is 0 Å². The summed E-state index contributed by atoms with van der Waals surface area (Å²) in [4.78, 5) is 4.88. The Bertz CT molecular complexity index is 1340. The van der Waals surface area contributed by atoms with Crippen molar-refractivity contribution in [2.75, 3.05) is 6.61 Å². The number of rotatable bonds is 4. The Labute approximate surface area is 186 Å². The van der Waals surface area contributed by atoms with Gasteiger partial charge >= 0.3 is 0 Å². The van der Waals surface area contributed by atoms with Gasteiger partial charge in [0, 0.05) is 22.8 Å². The molecule has 2 aromatic carbocycles. The molecule has 0 radical (unpaired) electrons. The Morgan fingerprint density at radius 1 is 1.09 bits per heavy atom. The summed E-state index contributed by atoms with van der Waals surface area (Å²) in [6.07, 6.45) is 4.82. The number of aryl methyl sites for hydroxylation is 1. The van der Waals surface area contributed by atoms with E-state index in [1.807, 2.05) is 23.8 Å². The van der Waals surface area contributed by atoms with E-state index in [1.165, 1.54) is 33.9 Å². The third kappa shape index (κ3) is 3.27. The van der Waals surface area contributed by atoms with Crippen LogP contribution in [0, 0.1) is 25.5 Å². The van der Waals surface area contributed by atoms with Crippen LogP contribution in [0.5, 0.6) is 5.75 Å². The van der Waals surface area contributed by atoms with Crippen molar-refractivity contribution in [1.82, 2.24) is 9.55 Å². The molecule has 3 heterocycles. The van der Waals surface area contributed by atoms with Crippen LogP contribution in [0.4, 0.5) is 8.78 Å². The van der Waals surface area contributed by atoms with E-state index in [0.717, 1.165) is 54.4 Å². The van der Waals surface area contributed by atoms with E-state index in [1.54, 1.807) is 6.07 Å². The summed E-state index contributed by atoms with van der Waals surface area (Å²) < 4.78 is 35.8. The predicted octanol–water partition coefficient (Wildman–Crippen LogP) is 6.53. The van der Waals surface area contributed by atoms with Crippen LogP contribution in [0.2, 0.25) is 0 Å². The second kappa shape index (κ2) is 8.05. The van der Waals surface area contributed by atoms with E-state index < -0.39 is 11.6 Å². The third-order valence-electron chi connectivity index (χ3n) is 6.59. The van der Waals surface area contributed by atoms with Gasteiger partial charge in [0.25, 0.3) is 0 Å². The Balaban J connectivity index is 1.71. The van der Waals surface area contributed by atoms with Gasteiger partial charge < -0.3 is 9.30 Å². The molecule has 0 atom stereocenters. The van der Waals surface area contributed by atoms with Crippen molar-refractivity contribution in [2.24, 2.45) is 0 Å². The van der Waals surface area contributed by atoms with E-state index >= 15 is 0 Å². The van der Waals surface area contributed by atoms with Gasteiger partial charge in [0.15, 0.2) is 11.6 Å². The zero-order valence-corrected chi connectivity index (χ0v) is 18.6. The number of nitrogens with zero attached hydrogens (tertiary/aromatic N) is 2. The van der Waals surface area contributed by atoms with E-state index in [0.29, 0.717) is 5.56 Å². The summed E-state index contributed by atoms with van der Waals surface area (Å²) in [6, 6.07) is 10.6. The summed E-state index contributed by atoms with van der Waals surface area (Å²) in [7, 11) is 0. The Morgan fingerprint density at radius 3 is 2.75 bits per heavy atom. The number of hydrogen-bond acceptors (Lipinski definition) is 2. The first kappa shape index (κ1) is 20.7. The zero-order valence-electron chi connectivity index (χ0n) is 18.6. The minimum absolute atomic E-state index is 0.224. The van der Waals surface area contributed by atoms with Crippen molar-refractivity contribution in [1.29, 1.82) is 0 Å². The highest BCUT2D eigenvalue weighted by molar-refractivity contribution is 5.97. The first-order valence-electron chi connectivity index (χ1n) is 11.2. The highest BCUT2D eigenvalue weighted by Gasteiger charge is 2.22. The van der Waals surface area contributed by atoms with E-state index in [9.17, 15) is 8.78 Å². The molecular formula is C27H26F2N2O. The van der Waals surface area contributed by atoms with E-state index in [2.05, 4.69) is 26.0 Å². The molecule has 0 aliphatic carbocycles. The second-order valence-electron chi connectivity index (χ2n) is 8.47. The van der Waals surface area contributed by atoms with E-state index in [4.69, 9.17) is 9.72 Å². The lowest BCUT2D eigenvalue weighted by atomic mass is 9.88. The maximum absolute atomic E-state index is 14.3. The Hall–Kier alpha value is -3.21. The molecule has 1 aliphatic rings. The summed E-state index contributed by atoms with van der Waals surface area (Å²) in [5.41, 5.74) is 8.16. The maximum Gasteiger partial charge on any atom is 0.163 e. The van der Waals surface area contributed by atoms with Crippen molar-refractivity contribution in [3.8, 4) is 16.9 Å². The number of benzene rings is 2. The molecule has 164 valence electrons. The highest BCUT2D eigenvalue weighted by atomic mass is 19.2. The van der Waals surface area contributed by atoms with Crippen molar-refractivity contribution >= 4 is 11.0 Å². The molecule has 1 aliphatic heterocycles. The van der Waals surface area contributed by atoms with Crippen LogP contribution in [-0.4, -0.2) is 16.2 Å². The summed E-state index contributed by atoms with van der Waals surface area (Å²) >= 11 is 0. The molecule has 0 fully saturated rings. The molecule has 5 heteroatoms. The minimum Gasteiger partial charge on any atom is -0.493 e. The smallest absolute Gasteiger partial charge is 0.163 e. The average molecular weight is 433 g/mol. The van der Waals surface area contributed by atoms with Crippen LogP contribution in [0.15, 0.2) is 42.6 Å². The Kier molecular flexibility index (Phi) is 5.20. The topological polar surface area (TPSA) is 27.1 Å². The molecule has 0 N–H and O–H groups in total. The van der Waals surface area contributed by atoms with Crippen LogP contribution in [-0.2, 0) is 19.4 Å². The zero-order chi connectivity index (χ0) is 22.4. The summed E-state index contributed by atoms with van der Waals surface area (Å²) in [6.45, 7) is 7.34. The molecule has 0 spiro atoms.